The quantitative estimate of drug-likeness (QED) is 0.879. The number of nitrogens with zero attached hydrogens (tertiary/aromatic N) is 1. The first kappa shape index (κ1) is 14.1. The normalized spacial score (nSPS) is 11.3. The third-order valence-electron chi connectivity index (χ3n) is 2.26. The van der Waals surface area contributed by atoms with Crippen molar-refractivity contribution in [1.29, 1.82) is 0 Å². The molecule has 0 bridgehead atoms. The van der Waals surface area contributed by atoms with Gasteiger partial charge in [-0.15, -0.1) is 0 Å². The molecule has 1 aromatic carbocycles. The van der Waals surface area contributed by atoms with Crippen molar-refractivity contribution in [2.75, 3.05) is 10.5 Å². The first-order valence-electron chi connectivity index (χ1n) is 5.08. The van der Waals surface area contributed by atoms with Gasteiger partial charge >= 0.3 is 0 Å². The lowest BCUT2D eigenvalue weighted by atomic mass is 10.3. The van der Waals surface area contributed by atoms with Crippen LogP contribution in [0.3, 0.4) is 0 Å². The van der Waals surface area contributed by atoms with Crippen LogP contribution in [0.4, 0.5) is 11.5 Å². The summed E-state index contributed by atoms with van der Waals surface area (Å²) in [4.78, 5) is 3.67. The van der Waals surface area contributed by atoms with Crippen LogP contribution in [0.15, 0.2) is 45.9 Å². The number of nitrogens with two attached hydrogens (primary N) is 1. The zero-order valence-corrected chi connectivity index (χ0v) is 12.6. The molecule has 0 aliphatic carbocycles. The van der Waals surface area contributed by atoms with Crippen LogP contribution in [-0.2, 0) is 10.0 Å². The molecular weight excluding hydrogens is 354 g/mol. The van der Waals surface area contributed by atoms with Crippen LogP contribution in [0.2, 0.25) is 5.02 Å². The second-order valence-corrected chi connectivity index (χ2v) is 6.53. The first-order chi connectivity index (χ1) is 8.90. The fraction of sp³-hybridized carbons (Fsp3) is 0. The lowest BCUT2D eigenvalue weighted by Crippen LogP contribution is -2.15. The zero-order chi connectivity index (χ0) is 14.0. The molecule has 5 nitrogen and oxygen atoms in total. The average Bonchev–Trinajstić information content (AvgIpc) is 2.34. The molecule has 0 amide bonds. The Balaban J connectivity index is 2.37. The molecule has 0 atom stereocenters. The average molecular weight is 363 g/mol. The van der Waals surface area contributed by atoms with E-state index in [9.17, 15) is 8.42 Å². The number of nitrogens with one attached hydrogen (secondary N) is 1. The van der Waals surface area contributed by atoms with Gasteiger partial charge in [0.1, 0.15) is 10.7 Å². The van der Waals surface area contributed by atoms with Crippen molar-refractivity contribution in [2.24, 2.45) is 0 Å². The Labute approximate surface area is 124 Å². The van der Waals surface area contributed by atoms with E-state index in [1.165, 1.54) is 24.4 Å². The highest BCUT2D eigenvalue weighted by molar-refractivity contribution is 9.10. The van der Waals surface area contributed by atoms with E-state index in [1.54, 1.807) is 12.1 Å². The molecule has 0 unspecified atom stereocenters. The predicted molar refractivity (Wildman–Crippen MR) is 78.6 cm³/mol. The number of sulfonamides is 1. The maximum absolute atomic E-state index is 12.1. The minimum atomic E-state index is -3.79. The number of hydrogen-bond acceptors (Lipinski definition) is 4. The fourth-order valence-corrected chi connectivity index (χ4v) is 2.96. The molecule has 0 aliphatic heterocycles. The van der Waals surface area contributed by atoms with Crippen molar-refractivity contribution in [3.8, 4) is 0 Å². The summed E-state index contributed by atoms with van der Waals surface area (Å²) in [5, 5.41) is 0.402. The monoisotopic (exact) mass is 361 g/mol. The number of anilines is 2. The summed E-state index contributed by atoms with van der Waals surface area (Å²) in [6.45, 7) is 0. The number of pyridine rings is 1. The molecule has 19 heavy (non-hydrogen) atoms. The molecule has 0 aliphatic rings. The van der Waals surface area contributed by atoms with Gasteiger partial charge in [0, 0.05) is 10.7 Å². The highest BCUT2D eigenvalue weighted by Gasteiger charge is 2.18. The van der Waals surface area contributed by atoms with E-state index >= 15 is 0 Å². The summed E-state index contributed by atoms with van der Waals surface area (Å²) >= 11 is 9.13. The summed E-state index contributed by atoms with van der Waals surface area (Å²) in [7, 11) is -3.79. The van der Waals surface area contributed by atoms with Gasteiger partial charge in [-0.05, 0) is 46.3 Å². The summed E-state index contributed by atoms with van der Waals surface area (Å²) in [5.74, 6) is -0.0572. The van der Waals surface area contributed by atoms with Crippen LogP contribution < -0.4 is 10.5 Å². The zero-order valence-electron chi connectivity index (χ0n) is 9.47. The highest BCUT2D eigenvalue weighted by Crippen LogP contribution is 2.27. The SMILES string of the molecule is Nc1ncccc1S(=O)(=O)Nc1ccc(Br)c(Cl)c1. The van der Waals surface area contributed by atoms with Gasteiger partial charge in [0.15, 0.2) is 0 Å². The standard InChI is InChI=1S/C11H9BrClN3O2S/c12-8-4-3-7(6-9(8)13)16-19(17,18)10-2-1-5-15-11(10)14/h1-6,16H,(H2,14,15). The fourth-order valence-electron chi connectivity index (χ4n) is 1.40. The second-order valence-electron chi connectivity index (χ2n) is 3.62. The molecule has 0 spiro atoms. The molecule has 3 N–H and O–H groups in total. The Kier molecular flexibility index (Phi) is 3.98. The first-order valence-corrected chi connectivity index (χ1v) is 7.74. The molecule has 2 aromatic rings. The lowest BCUT2D eigenvalue weighted by Gasteiger charge is -2.10. The van der Waals surface area contributed by atoms with Gasteiger partial charge in [-0.1, -0.05) is 11.6 Å². The van der Waals surface area contributed by atoms with Crippen molar-refractivity contribution in [2.45, 2.75) is 4.90 Å². The Bertz CT molecular complexity index is 722. The van der Waals surface area contributed by atoms with E-state index in [0.717, 1.165) is 0 Å². The molecule has 100 valence electrons. The van der Waals surface area contributed by atoms with Crippen LogP contribution >= 0.6 is 27.5 Å². The lowest BCUT2D eigenvalue weighted by molar-refractivity contribution is 0.601. The van der Waals surface area contributed by atoms with E-state index in [4.69, 9.17) is 17.3 Å². The number of hydrogen-bond donors (Lipinski definition) is 2. The minimum absolute atomic E-state index is 0.0572. The maximum Gasteiger partial charge on any atom is 0.265 e. The molecule has 8 heteroatoms. The van der Waals surface area contributed by atoms with Crippen molar-refractivity contribution in [3.05, 3.63) is 46.0 Å². The molecule has 1 aromatic heterocycles. The van der Waals surface area contributed by atoms with Gasteiger partial charge in [0.2, 0.25) is 0 Å². The van der Waals surface area contributed by atoms with Crippen LogP contribution in [0.1, 0.15) is 0 Å². The van der Waals surface area contributed by atoms with Crippen molar-refractivity contribution in [3.63, 3.8) is 0 Å². The van der Waals surface area contributed by atoms with E-state index in [0.29, 0.717) is 15.2 Å². The van der Waals surface area contributed by atoms with E-state index in [1.807, 2.05) is 0 Å². The summed E-state index contributed by atoms with van der Waals surface area (Å²) in [5.41, 5.74) is 5.89. The van der Waals surface area contributed by atoms with Gasteiger partial charge in [-0.25, -0.2) is 13.4 Å². The molecular formula is C11H9BrClN3O2S. The smallest absolute Gasteiger partial charge is 0.265 e. The van der Waals surface area contributed by atoms with E-state index < -0.39 is 10.0 Å². The molecule has 0 saturated heterocycles. The molecule has 2 rings (SSSR count). The van der Waals surface area contributed by atoms with Crippen LogP contribution in [-0.4, -0.2) is 13.4 Å². The van der Waals surface area contributed by atoms with Gasteiger partial charge in [-0.2, -0.15) is 0 Å². The van der Waals surface area contributed by atoms with Crippen molar-refractivity contribution in [1.82, 2.24) is 4.98 Å². The number of rotatable bonds is 3. The van der Waals surface area contributed by atoms with Crippen LogP contribution in [0.5, 0.6) is 0 Å². The maximum atomic E-state index is 12.1. The number of halogens is 2. The summed E-state index contributed by atoms with van der Waals surface area (Å²) in [6, 6.07) is 7.60. The van der Waals surface area contributed by atoms with Crippen molar-refractivity contribution < 1.29 is 8.42 Å². The molecule has 1 heterocycles. The topological polar surface area (TPSA) is 85.1 Å². The highest BCUT2D eigenvalue weighted by atomic mass is 79.9. The largest absolute Gasteiger partial charge is 0.383 e. The minimum Gasteiger partial charge on any atom is -0.383 e. The number of benzene rings is 1. The van der Waals surface area contributed by atoms with Gasteiger partial charge in [0.05, 0.1) is 10.7 Å². The molecule has 0 saturated carbocycles. The van der Waals surface area contributed by atoms with Crippen LogP contribution in [0, 0.1) is 0 Å². The van der Waals surface area contributed by atoms with Crippen LogP contribution in [0.25, 0.3) is 0 Å². The summed E-state index contributed by atoms with van der Waals surface area (Å²) < 4.78 is 27.3. The third-order valence-corrected chi connectivity index (χ3v) is 4.92. The van der Waals surface area contributed by atoms with Crippen molar-refractivity contribution >= 4 is 49.1 Å². The Morgan fingerprint density at radius 2 is 2.05 bits per heavy atom. The second kappa shape index (κ2) is 5.36. The number of nitrogen functional groups attached to an aromatic ring is 1. The van der Waals surface area contributed by atoms with E-state index in [-0.39, 0.29) is 10.7 Å². The van der Waals surface area contributed by atoms with E-state index in [2.05, 4.69) is 25.6 Å². The number of aromatic nitrogens is 1. The molecule has 0 radical (unpaired) electrons. The third kappa shape index (κ3) is 3.17. The molecule has 0 fully saturated rings. The van der Waals surface area contributed by atoms with Gasteiger partial charge in [0.25, 0.3) is 10.0 Å². The predicted octanol–water partition coefficient (Wildman–Crippen LogP) is 2.88. The Hall–Kier alpha value is -1.31. The van der Waals surface area contributed by atoms with Gasteiger partial charge < -0.3 is 5.73 Å². The Morgan fingerprint density at radius 1 is 1.32 bits per heavy atom. The summed E-state index contributed by atoms with van der Waals surface area (Å²) in [6.07, 6.45) is 1.42. The Morgan fingerprint density at radius 3 is 2.68 bits per heavy atom. The van der Waals surface area contributed by atoms with Gasteiger partial charge in [-0.3, -0.25) is 4.72 Å².